The van der Waals surface area contributed by atoms with E-state index in [2.05, 4.69) is 20.8 Å². The fourth-order valence-corrected chi connectivity index (χ4v) is 0.828. The van der Waals surface area contributed by atoms with Gasteiger partial charge in [-0.2, -0.15) is 0 Å². The number of urea groups is 1. The van der Waals surface area contributed by atoms with E-state index < -0.39 is 11.9 Å². The van der Waals surface area contributed by atoms with Crippen LogP contribution in [0.4, 0.5) is 4.79 Å². The maximum Gasteiger partial charge on any atom is 0.321 e. The normalized spacial score (nSPS) is 9.73. The van der Waals surface area contributed by atoms with E-state index in [-0.39, 0.29) is 12.4 Å². The van der Waals surface area contributed by atoms with Gasteiger partial charge < -0.3 is 5.32 Å². The summed E-state index contributed by atoms with van der Waals surface area (Å²) in [6.07, 6.45) is 0. The molecule has 15 heavy (non-hydrogen) atoms. The van der Waals surface area contributed by atoms with Crippen molar-refractivity contribution in [2.45, 2.75) is 6.54 Å². The molecule has 0 spiro atoms. The van der Waals surface area contributed by atoms with Gasteiger partial charge >= 0.3 is 6.03 Å². The molecule has 1 heterocycles. The van der Waals surface area contributed by atoms with Gasteiger partial charge in [0.1, 0.15) is 5.88 Å². The van der Waals surface area contributed by atoms with Gasteiger partial charge in [-0.25, -0.2) is 9.48 Å². The number of hydrogen-bond acceptors (Lipinski definition) is 5. The number of aromatic nitrogens is 4. The summed E-state index contributed by atoms with van der Waals surface area (Å²) < 4.78 is 1.41. The third kappa shape index (κ3) is 3.50. The SMILES string of the molecule is Cn1nnnc1CNC(=O)NC(=O)CCl. The van der Waals surface area contributed by atoms with E-state index in [1.165, 1.54) is 4.68 Å². The van der Waals surface area contributed by atoms with E-state index in [1.807, 2.05) is 5.32 Å². The molecule has 0 aliphatic rings. The number of tetrazole rings is 1. The first-order valence-electron chi connectivity index (χ1n) is 3.98. The first-order chi connectivity index (χ1) is 7.13. The predicted molar refractivity (Wildman–Crippen MR) is 49.9 cm³/mol. The molecule has 0 bridgehead atoms. The largest absolute Gasteiger partial charge is 0.330 e. The Kier molecular flexibility index (Phi) is 3.98. The quantitative estimate of drug-likeness (QED) is 0.636. The third-order valence-corrected chi connectivity index (χ3v) is 1.73. The van der Waals surface area contributed by atoms with Crippen LogP contribution in [0.1, 0.15) is 5.82 Å². The van der Waals surface area contributed by atoms with E-state index in [0.717, 1.165) is 0 Å². The van der Waals surface area contributed by atoms with Gasteiger partial charge in [0.05, 0.1) is 6.54 Å². The van der Waals surface area contributed by atoms with Gasteiger partial charge in [0.15, 0.2) is 5.82 Å². The second-order valence-corrected chi connectivity index (χ2v) is 2.85. The molecule has 0 saturated carbocycles. The minimum absolute atomic E-state index is 0.130. The number of amides is 3. The molecule has 0 aliphatic carbocycles. The maximum absolute atomic E-state index is 11.0. The minimum atomic E-state index is -0.636. The molecule has 0 aliphatic heterocycles. The zero-order chi connectivity index (χ0) is 11.3. The highest BCUT2D eigenvalue weighted by atomic mass is 35.5. The minimum Gasteiger partial charge on any atom is -0.330 e. The first-order valence-corrected chi connectivity index (χ1v) is 4.52. The monoisotopic (exact) mass is 232 g/mol. The van der Waals surface area contributed by atoms with Crippen molar-refractivity contribution in [1.82, 2.24) is 30.8 Å². The molecule has 1 aromatic rings. The lowest BCUT2D eigenvalue weighted by Crippen LogP contribution is -2.40. The summed E-state index contributed by atoms with van der Waals surface area (Å²) in [6, 6.07) is -0.636. The average Bonchev–Trinajstić information content (AvgIpc) is 2.61. The van der Waals surface area contributed by atoms with Gasteiger partial charge in [-0.15, -0.1) is 16.7 Å². The standard InChI is InChI=1S/C6H9ClN6O2/c1-13-4(10-11-12-13)3-8-6(15)9-5(14)2-7/h2-3H2,1H3,(H2,8,9,14,15). The summed E-state index contributed by atoms with van der Waals surface area (Å²) in [4.78, 5) is 21.7. The summed E-state index contributed by atoms with van der Waals surface area (Å²) in [7, 11) is 1.64. The van der Waals surface area contributed by atoms with Crippen LogP contribution in [0.5, 0.6) is 0 Å². The van der Waals surface area contributed by atoms with Gasteiger partial charge in [-0.3, -0.25) is 10.1 Å². The Bertz CT molecular complexity index is 364. The summed E-state index contributed by atoms with van der Waals surface area (Å²) in [5.74, 6) is -0.354. The zero-order valence-electron chi connectivity index (χ0n) is 7.90. The predicted octanol–water partition coefficient (Wildman–Crippen LogP) is -1.23. The fourth-order valence-electron chi connectivity index (χ4n) is 0.761. The number of aryl methyl sites for hydroxylation is 1. The molecule has 1 rings (SSSR count). The van der Waals surface area contributed by atoms with Crippen LogP contribution in [0.3, 0.4) is 0 Å². The number of halogens is 1. The molecule has 1 aromatic heterocycles. The van der Waals surface area contributed by atoms with Crippen molar-refractivity contribution in [3.05, 3.63) is 5.82 Å². The number of carbonyl (C=O) groups is 2. The Morgan fingerprint density at radius 1 is 1.53 bits per heavy atom. The topological polar surface area (TPSA) is 102 Å². The smallest absolute Gasteiger partial charge is 0.321 e. The van der Waals surface area contributed by atoms with Gasteiger partial charge in [0.25, 0.3) is 0 Å². The van der Waals surface area contributed by atoms with Crippen molar-refractivity contribution in [3.63, 3.8) is 0 Å². The molecule has 3 amide bonds. The van der Waals surface area contributed by atoms with Crippen LogP contribution in [0, 0.1) is 0 Å². The summed E-state index contributed by atoms with van der Waals surface area (Å²) >= 11 is 5.19. The highest BCUT2D eigenvalue weighted by Crippen LogP contribution is 1.86. The highest BCUT2D eigenvalue weighted by molar-refractivity contribution is 6.28. The molecular formula is C6H9ClN6O2. The van der Waals surface area contributed by atoms with Crippen LogP contribution in [-0.4, -0.2) is 38.0 Å². The van der Waals surface area contributed by atoms with Crippen molar-refractivity contribution >= 4 is 23.5 Å². The Hall–Kier alpha value is -1.70. The molecular weight excluding hydrogens is 224 g/mol. The fraction of sp³-hybridized carbons (Fsp3) is 0.500. The first kappa shape index (κ1) is 11.4. The lowest BCUT2D eigenvalue weighted by molar-refractivity contribution is -0.117. The second-order valence-electron chi connectivity index (χ2n) is 2.58. The molecule has 9 heteroatoms. The van der Waals surface area contributed by atoms with Crippen molar-refractivity contribution in [1.29, 1.82) is 0 Å². The number of hydrogen-bond donors (Lipinski definition) is 2. The molecule has 0 fully saturated rings. The lowest BCUT2D eigenvalue weighted by atomic mass is 10.6. The molecule has 0 unspecified atom stereocenters. The summed E-state index contributed by atoms with van der Waals surface area (Å²) in [5.41, 5.74) is 0. The molecule has 0 aromatic carbocycles. The third-order valence-electron chi connectivity index (χ3n) is 1.49. The highest BCUT2D eigenvalue weighted by Gasteiger charge is 2.07. The maximum atomic E-state index is 11.0. The van der Waals surface area contributed by atoms with Crippen LogP contribution in [0.15, 0.2) is 0 Å². The number of imide groups is 1. The number of nitrogens with zero attached hydrogens (tertiary/aromatic N) is 4. The Morgan fingerprint density at radius 3 is 2.80 bits per heavy atom. The van der Waals surface area contributed by atoms with Crippen LogP contribution < -0.4 is 10.6 Å². The summed E-state index contributed by atoms with van der Waals surface area (Å²) in [5, 5.41) is 15.0. The van der Waals surface area contributed by atoms with Crippen molar-refractivity contribution in [3.8, 4) is 0 Å². The van der Waals surface area contributed by atoms with E-state index in [0.29, 0.717) is 5.82 Å². The molecule has 0 atom stereocenters. The lowest BCUT2D eigenvalue weighted by Gasteiger charge is -2.03. The number of alkyl halides is 1. The van der Waals surface area contributed by atoms with Gasteiger partial charge in [0.2, 0.25) is 5.91 Å². The molecule has 82 valence electrons. The molecule has 0 radical (unpaired) electrons. The van der Waals surface area contributed by atoms with Crippen molar-refractivity contribution in [2.75, 3.05) is 5.88 Å². The number of nitrogens with one attached hydrogen (secondary N) is 2. The van der Waals surface area contributed by atoms with Crippen LogP contribution >= 0.6 is 11.6 Å². The van der Waals surface area contributed by atoms with Crippen LogP contribution in [-0.2, 0) is 18.4 Å². The van der Waals surface area contributed by atoms with Crippen molar-refractivity contribution < 1.29 is 9.59 Å². The van der Waals surface area contributed by atoms with Crippen molar-refractivity contribution in [2.24, 2.45) is 7.05 Å². The van der Waals surface area contributed by atoms with E-state index in [1.54, 1.807) is 7.05 Å². The van der Waals surface area contributed by atoms with Gasteiger partial charge in [-0.1, -0.05) is 0 Å². The second kappa shape index (κ2) is 5.25. The average molecular weight is 233 g/mol. The Morgan fingerprint density at radius 2 is 2.27 bits per heavy atom. The van der Waals surface area contributed by atoms with E-state index in [9.17, 15) is 9.59 Å². The van der Waals surface area contributed by atoms with E-state index in [4.69, 9.17) is 11.6 Å². The Labute approximate surface area is 90.0 Å². The number of carbonyl (C=O) groups excluding carboxylic acids is 2. The zero-order valence-corrected chi connectivity index (χ0v) is 8.65. The number of rotatable bonds is 3. The van der Waals surface area contributed by atoms with E-state index >= 15 is 0 Å². The van der Waals surface area contributed by atoms with Crippen LogP contribution in [0.2, 0.25) is 0 Å². The summed E-state index contributed by atoms with van der Waals surface area (Å²) in [6.45, 7) is 0.130. The Balaban J connectivity index is 2.35. The molecule has 2 N–H and O–H groups in total. The van der Waals surface area contributed by atoms with Gasteiger partial charge in [-0.05, 0) is 10.4 Å². The van der Waals surface area contributed by atoms with Crippen LogP contribution in [0.25, 0.3) is 0 Å². The molecule has 0 saturated heterocycles. The van der Waals surface area contributed by atoms with Gasteiger partial charge in [0, 0.05) is 7.05 Å². The molecule has 8 nitrogen and oxygen atoms in total.